The number of benzene rings is 1. The quantitative estimate of drug-likeness (QED) is 0.600. The zero-order valence-corrected chi connectivity index (χ0v) is 19.2. The summed E-state index contributed by atoms with van der Waals surface area (Å²) in [7, 11) is 0. The lowest BCUT2D eigenvalue weighted by molar-refractivity contribution is -0.113. The molecule has 0 saturated heterocycles. The van der Waals surface area contributed by atoms with E-state index in [1.54, 1.807) is 11.0 Å². The lowest BCUT2D eigenvalue weighted by atomic mass is 9.86. The van der Waals surface area contributed by atoms with E-state index in [0.29, 0.717) is 29.3 Å². The van der Waals surface area contributed by atoms with E-state index in [-0.39, 0.29) is 23.6 Å². The van der Waals surface area contributed by atoms with Gasteiger partial charge in [0.25, 0.3) is 11.8 Å². The minimum atomic E-state index is -0.601. The lowest BCUT2D eigenvalue weighted by Gasteiger charge is -2.30. The van der Waals surface area contributed by atoms with E-state index in [2.05, 4.69) is 10.3 Å². The van der Waals surface area contributed by atoms with Gasteiger partial charge in [-0.3, -0.25) is 9.59 Å². The predicted octanol–water partition coefficient (Wildman–Crippen LogP) is 4.07. The standard InChI is InChI=1S/C26H31FN4O2/c1-14-9-15(2)29-23(14)11-20-19-10-22(27)21(25(32)30-18-7-8-18)12-24(19)31(26(20)33)13-16-3-5-17(28)6-4-16/h9-12,16-18,29H,3-8,13,28H2,1-2H3,(H,30,32)/b20-11-. The second-order valence-corrected chi connectivity index (χ2v) is 9.90. The molecule has 4 N–H and O–H groups in total. The van der Waals surface area contributed by atoms with Crippen LogP contribution in [0.2, 0.25) is 0 Å². The molecular formula is C26H31FN4O2. The van der Waals surface area contributed by atoms with Gasteiger partial charge < -0.3 is 20.9 Å². The minimum Gasteiger partial charge on any atom is -0.359 e. The van der Waals surface area contributed by atoms with Crippen LogP contribution in [0.4, 0.5) is 10.1 Å². The van der Waals surface area contributed by atoms with E-state index >= 15 is 4.39 Å². The molecule has 0 atom stereocenters. The molecule has 174 valence electrons. The first-order valence-corrected chi connectivity index (χ1v) is 11.9. The number of fused-ring (bicyclic) bond motifs is 1. The number of amides is 2. The van der Waals surface area contributed by atoms with E-state index < -0.39 is 11.7 Å². The highest BCUT2D eigenvalue weighted by Gasteiger charge is 2.37. The topological polar surface area (TPSA) is 91.2 Å². The number of halogens is 1. The molecule has 2 heterocycles. The second-order valence-electron chi connectivity index (χ2n) is 9.90. The first kappa shape index (κ1) is 21.9. The third-order valence-electron chi connectivity index (χ3n) is 7.11. The summed E-state index contributed by atoms with van der Waals surface area (Å²) in [5, 5.41) is 2.86. The maximum absolute atomic E-state index is 15.1. The lowest BCUT2D eigenvalue weighted by Crippen LogP contribution is -2.36. The van der Waals surface area contributed by atoms with Crippen molar-refractivity contribution >= 4 is 29.2 Å². The van der Waals surface area contributed by atoms with Gasteiger partial charge in [-0.2, -0.15) is 0 Å². The van der Waals surface area contributed by atoms with Gasteiger partial charge in [0.1, 0.15) is 5.82 Å². The average molecular weight is 451 g/mol. The highest BCUT2D eigenvalue weighted by atomic mass is 19.1. The van der Waals surface area contributed by atoms with Crippen LogP contribution in [0.25, 0.3) is 11.6 Å². The van der Waals surface area contributed by atoms with Crippen molar-refractivity contribution in [2.24, 2.45) is 11.7 Å². The van der Waals surface area contributed by atoms with Crippen LogP contribution in [0.5, 0.6) is 0 Å². The first-order valence-electron chi connectivity index (χ1n) is 11.9. The Balaban J connectivity index is 1.54. The molecule has 1 aromatic carbocycles. The number of aromatic nitrogens is 1. The van der Waals surface area contributed by atoms with Crippen LogP contribution in [0.15, 0.2) is 18.2 Å². The van der Waals surface area contributed by atoms with E-state index in [1.807, 2.05) is 26.0 Å². The van der Waals surface area contributed by atoms with E-state index in [9.17, 15) is 9.59 Å². The van der Waals surface area contributed by atoms with Gasteiger partial charge in [-0.15, -0.1) is 0 Å². The molecule has 6 nitrogen and oxygen atoms in total. The normalized spacial score (nSPS) is 23.8. The molecule has 1 aromatic heterocycles. The number of anilines is 1. The Morgan fingerprint density at radius 2 is 1.91 bits per heavy atom. The zero-order chi connectivity index (χ0) is 23.3. The van der Waals surface area contributed by atoms with Gasteiger partial charge in [-0.1, -0.05) is 0 Å². The van der Waals surface area contributed by atoms with Crippen LogP contribution >= 0.6 is 0 Å². The average Bonchev–Trinajstić information content (AvgIpc) is 3.48. The Morgan fingerprint density at radius 1 is 1.18 bits per heavy atom. The van der Waals surface area contributed by atoms with Crippen LogP contribution < -0.4 is 16.0 Å². The third kappa shape index (κ3) is 4.34. The molecule has 5 rings (SSSR count). The molecule has 3 aliphatic rings. The fraction of sp³-hybridized carbons (Fsp3) is 0.462. The number of nitrogens with zero attached hydrogens (tertiary/aromatic N) is 1. The van der Waals surface area contributed by atoms with Crippen LogP contribution in [0.3, 0.4) is 0 Å². The largest absolute Gasteiger partial charge is 0.359 e. The van der Waals surface area contributed by atoms with Crippen LogP contribution in [-0.4, -0.2) is 35.4 Å². The van der Waals surface area contributed by atoms with Crippen molar-refractivity contribution in [1.29, 1.82) is 0 Å². The Bertz CT molecular complexity index is 1140. The number of aryl methyl sites for hydroxylation is 2. The predicted molar refractivity (Wildman–Crippen MR) is 127 cm³/mol. The molecule has 0 radical (unpaired) electrons. The molecule has 2 saturated carbocycles. The number of hydrogen-bond acceptors (Lipinski definition) is 3. The number of H-pyrrole nitrogens is 1. The molecule has 2 aromatic rings. The fourth-order valence-electron chi connectivity index (χ4n) is 5.03. The van der Waals surface area contributed by atoms with Crippen molar-refractivity contribution in [2.45, 2.75) is 64.5 Å². The second kappa shape index (κ2) is 8.45. The molecule has 0 spiro atoms. The fourth-order valence-corrected chi connectivity index (χ4v) is 5.03. The number of nitrogens with one attached hydrogen (secondary N) is 2. The molecule has 2 fully saturated rings. The van der Waals surface area contributed by atoms with E-state index in [0.717, 1.165) is 55.5 Å². The SMILES string of the molecule is Cc1cc(C)c(/C=C2\C(=O)N(CC3CCC(N)CC3)c3cc(C(=O)NC4CC4)c(F)cc32)[nH]1. The summed E-state index contributed by atoms with van der Waals surface area (Å²) in [5.41, 5.74) is 10.5. The van der Waals surface area contributed by atoms with Crippen molar-refractivity contribution in [3.8, 4) is 0 Å². The zero-order valence-electron chi connectivity index (χ0n) is 19.2. The molecule has 1 aliphatic heterocycles. The highest BCUT2D eigenvalue weighted by molar-refractivity contribution is 6.36. The molecule has 0 bridgehead atoms. The summed E-state index contributed by atoms with van der Waals surface area (Å²) in [6.07, 6.45) is 7.48. The van der Waals surface area contributed by atoms with Crippen molar-refractivity contribution in [3.05, 3.63) is 52.1 Å². The number of carbonyl (C=O) groups excluding carboxylic acids is 2. The van der Waals surface area contributed by atoms with Crippen molar-refractivity contribution in [2.75, 3.05) is 11.4 Å². The number of nitrogens with two attached hydrogens (primary N) is 1. The molecule has 0 unspecified atom stereocenters. The van der Waals surface area contributed by atoms with E-state index in [4.69, 9.17) is 5.73 Å². The Labute approximate surface area is 193 Å². The van der Waals surface area contributed by atoms with Gasteiger partial charge in [0, 0.05) is 35.6 Å². The van der Waals surface area contributed by atoms with Crippen LogP contribution in [-0.2, 0) is 4.79 Å². The monoisotopic (exact) mass is 450 g/mol. The third-order valence-corrected chi connectivity index (χ3v) is 7.11. The van der Waals surface area contributed by atoms with Gasteiger partial charge in [0.05, 0.1) is 16.8 Å². The summed E-state index contributed by atoms with van der Waals surface area (Å²) in [6.45, 7) is 4.49. The summed E-state index contributed by atoms with van der Waals surface area (Å²) >= 11 is 0. The highest BCUT2D eigenvalue weighted by Crippen LogP contribution is 2.41. The van der Waals surface area contributed by atoms with Gasteiger partial charge in [0.15, 0.2) is 0 Å². The van der Waals surface area contributed by atoms with Crippen molar-refractivity contribution in [1.82, 2.24) is 10.3 Å². The smallest absolute Gasteiger partial charge is 0.259 e. The summed E-state index contributed by atoms with van der Waals surface area (Å²) in [4.78, 5) is 31.3. The molecule has 7 heteroatoms. The van der Waals surface area contributed by atoms with Crippen molar-refractivity contribution < 1.29 is 14.0 Å². The van der Waals surface area contributed by atoms with Gasteiger partial charge in [-0.25, -0.2) is 4.39 Å². The summed E-state index contributed by atoms with van der Waals surface area (Å²) in [6, 6.07) is 5.28. The molecule has 2 aliphatic carbocycles. The maximum Gasteiger partial charge on any atom is 0.259 e. The Kier molecular flexibility index (Phi) is 5.60. The van der Waals surface area contributed by atoms with E-state index in [1.165, 1.54) is 6.07 Å². The van der Waals surface area contributed by atoms with Gasteiger partial charge >= 0.3 is 0 Å². The summed E-state index contributed by atoms with van der Waals surface area (Å²) in [5.74, 6) is -0.826. The van der Waals surface area contributed by atoms with Gasteiger partial charge in [-0.05, 0) is 88.1 Å². The molecular weight excluding hydrogens is 419 g/mol. The molecule has 33 heavy (non-hydrogen) atoms. The number of carbonyl (C=O) groups is 2. The number of aromatic amines is 1. The van der Waals surface area contributed by atoms with Gasteiger partial charge in [0.2, 0.25) is 0 Å². The minimum absolute atomic E-state index is 0.00253. The maximum atomic E-state index is 15.1. The Morgan fingerprint density at radius 3 is 2.55 bits per heavy atom. The molecule has 2 amide bonds. The first-order chi connectivity index (χ1) is 15.8. The number of hydrogen-bond donors (Lipinski definition) is 3. The van der Waals surface area contributed by atoms with Crippen LogP contribution in [0.1, 0.15) is 71.4 Å². The summed E-state index contributed by atoms with van der Waals surface area (Å²) < 4.78 is 15.1. The number of rotatable bonds is 5. The van der Waals surface area contributed by atoms with Crippen molar-refractivity contribution in [3.63, 3.8) is 0 Å². The van der Waals surface area contributed by atoms with Crippen LogP contribution in [0, 0.1) is 25.6 Å². The Hall–Kier alpha value is -2.93.